The molecule has 0 aromatic rings. The predicted molar refractivity (Wildman–Crippen MR) is 103 cm³/mol. The Balaban J connectivity index is 2.41. The van der Waals surface area contributed by atoms with E-state index in [1.54, 1.807) is 0 Å². The third-order valence-corrected chi connectivity index (χ3v) is 5.13. The number of hydrazine groups is 1. The molecular weight excluding hydrogens is 382 g/mol. The van der Waals surface area contributed by atoms with Crippen LogP contribution >= 0.6 is 0 Å². The molecule has 0 bridgehead atoms. The van der Waals surface area contributed by atoms with Crippen LogP contribution in [0.3, 0.4) is 0 Å². The number of amides is 4. The highest BCUT2D eigenvalue weighted by Crippen LogP contribution is 2.37. The van der Waals surface area contributed by atoms with E-state index < -0.39 is 34.3 Å². The lowest BCUT2D eigenvalue weighted by Crippen LogP contribution is -2.66. The number of carbonyl (C=O) groups excluding carboxylic acids is 3. The number of urea groups is 1. The zero-order chi connectivity index (χ0) is 21.8. The summed E-state index contributed by atoms with van der Waals surface area (Å²) in [5.41, 5.74) is 3.47. The minimum Gasteiger partial charge on any atom is -0.363 e. The van der Waals surface area contributed by atoms with Crippen molar-refractivity contribution in [2.45, 2.75) is 57.9 Å². The summed E-state index contributed by atoms with van der Waals surface area (Å²) < 4.78 is 0. The molecule has 0 aromatic heterocycles. The number of guanidine groups is 1. The smallest absolute Gasteiger partial charge is 0.331 e. The Bertz CT molecular complexity index is 760. The van der Waals surface area contributed by atoms with Crippen molar-refractivity contribution in [1.82, 2.24) is 15.3 Å². The number of hydrazone groups is 1. The number of barbiturate groups is 1. The number of rotatable bonds is 7. The highest BCUT2D eigenvalue weighted by atomic mass is 16.7. The van der Waals surface area contributed by atoms with Gasteiger partial charge in [-0.05, 0) is 19.3 Å². The van der Waals surface area contributed by atoms with Crippen LogP contribution in [-0.4, -0.2) is 50.6 Å². The SMILES string of the molecule is C=CCC1(C/C(C)=N/N(C(=N)N)[N+](=O)[O-])C(=O)NC(=O)N(C2CCCCC2)C1=O. The maximum absolute atomic E-state index is 13.4. The van der Waals surface area contributed by atoms with Gasteiger partial charge in [0.2, 0.25) is 11.8 Å². The lowest BCUT2D eigenvalue weighted by Gasteiger charge is -2.42. The summed E-state index contributed by atoms with van der Waals surface area (Å²) in [6, 6.07) is -1.06. The van der Waals surface area contributed by atoms with Gasteiger partial charge in [0.25, 0.3) is 5.96 Å². The average molecular weight is 407 g/mol. The van der Waals surface area contributed by atoms with Crippen molar-refractivity contribution >= 4 is 29.5 Å². The van der Waals surface area contributed by atoms with E-state index >= 15 is 0 Å². The van der Waals surface area contributed by atoms with E-state index in [0.29, 0.717) is 12.8 Å². The molecule has 29 heavy (non-hydrogen) atoms. The van der Waals surface area contributed by atoms with Gasteiger partial charge in [0, 0.05) is 24.5 Å². The predicted octanol–water partition coefficient (Wildman–Crippen LogP) is 1.11. The van der Waals surface area contributed by atoms with Gasteiger partial charge >= 0.3 is 6.03 Å². The van der Waals surface area contributed by atoms with Gasteiger partial charge in [-0.1, -0.05) is 25.3 Å². The van der Waals surface area contributed by atoms with Gasteiger partial charge in [-0.15, -0.1) is 6.58 Å². The molecule has 1 aliphatic carbocycles. The molecule has 0 radical (unpaired) electrons. The molecular formula is C17H25N7O5. The number of imide groups is 2. The van der Waals surface area contributed by atoms with Crippen LogP contribution in [0.5, 0.6) is 0 Å². The van der Waals surface area contributed by atoms with Gasteiger partial charge in [0.05, 0.1) is 10.2 Å². The second-order valence-electron chi connectivity index (χ2n) is 7.23. The van der Waals surface area contributed by atoms with Crippen molar-refractivity contribution in [3.63, 3.8) is 0 Å². The standard InChI is InChI=1S/C17H25N7O5/c1-3-9-17(10-11(2)21-23(15(18)19)24(28)29)13(25)20-16(27)22(14(17)26)12-7-5-4-6-8-12/h3,12H,1,4-10H2,2H3,(H3,18,19)(H,20,25,27)/b21-11+. The molecule has 1 aliphatic heterocycles. The molecule has 1 saturated carbocycles. The number of nitro groups is 1. The molecule has 2 rings (SSSR count). The molecule has 0 aromatic carbocycles. The minimum atomic E-state index is -1.71. The van der Waals surface area contributed by atoms with Gasteiger partial charge in [-0.2, -0.15) is 0 Å². The van der Waals surface area contributed by atoms with E-state index in [-0.39, 0.29) is 29.7 Å². The van der Waals surface area contributed by atoms with Crippen LogP contribution in [0, 0.1) is 20.9 Å². The van der Waals surface area contributed by atoms with Crippen LogP contribution < -0.4 is 11.1 Å². The van der Waals surface area contributed by atoms with Crippen LogP contribution in [0.15, 0.2) is 17.8 Å². The maximum atomic E-state index is 13.4. The van der Waals surface area contributed by atoms with Crippen molar-refractivity contribution in [2.75, 3.05) is 0 Å². The molecule has 1 saturated heterocycles. The fourth-order valence-corrected chi connectivity index (χ4v) is 3.83. The summed E-state index contributed by atoms with van der Waals surface area (Å²) in [6.45, 7) is 4.98. The summed E-state index contributed by atoms with van der Waals surface area (Å²) in [4.78, 5) is 50.6. The third kappa shape index (κ3) is 4.41. The summed E-state index contributed by atoms with van der Waals surface area (Å²) >= 11 is 0. The van der Waals surface area contributed by atoms with Crippen molar-refractivity contribution in [2.24, 2.45) is 16.3 Å². The van der Waals surface area contributed by atoms with Crippen LogP contribution in [-0.2, 0) is 9.59 Å². The number of allylic oxidation sites excluding steroid dienone is 1. The van der Waals surface area contributed by atoms with Gasteiger partial charge in [-0.25, -0.2) is 4.79 Å². The molecule has 1 unspecified atom stereocenters. The van der Waals surface area contributed by atoms with Crippen molar-refractivity contribution < 1.29 is 19.4 Å². The first-order valence-corrected chi connectivity index (χ1v) is 9.26. The van der Waals surface area contributed by atoms with Crippen LogP contribution in [0.1, 0.15) is 51.9 Å². The topological polar surface area (TPSA) is 175 Å². The van der Waals surface area contributed by atoms with E-state index in [9.17, 15) is 24.5 Å². The second kappa shape index (κ2) is 8.80. The third-order valence-electron chi connectivity index (χ3n) is 5.13. The van der Waals surface area contributed by atoms with Crippen molar-refractivity contribution in [3.05, 3.63) is 22.8 Å². The maximum Gasteiger partial charge on any atom is 0.331 e. The highest BCUT2D eigenvalue weighted by Gasteiger charge is 2.55. The molecule has 0 spiro atoms. The van der Waals surface area contributed by atoms with Gasteiger partial charge in [0.15, 0.2) is 5.71 Å². The first-order chi connectivity index (χ1) is 13.6. The van der Waals surface area contributed by atoms with Crippen LogP contribution in [0.25, 0.3) is 0 Å². The first kappa shape index (κ1) is 22.0. The molecule has 158 valence electrons. The molecule has 4 N–H and O–H groups in total. The molecule has 1 atom stereocenters. The second-order valence-corrected chi connectivity index (χ2v) is 7.23. The Morgan fingerprint density at radius 1 is 1.45 bits per heavy atom. The summed E-state index contributed by atoms with van der Waals surface area (Å²) in [6.07, 6.45) is 5.09. The van der Waals surface area contributed by atoms with Crippen molar-refractivity contribution in [1.29, 1.82) is 5.41 Å². The van der Waals surface area contributed by atoms with Crippen molar-refractivity contribution in [3.8, 4) is 0 Å². The average Bonchev–Trinajstić information content (AvgIpc) is 2.65. The molecule has 12 nitrogen and oxygen atoms in total. The summed E-state index contributed by atoms with van der Waals surface area (Å²) in [7, 11) is 0. The fourth-order valence-electron chi connectivity index (χ4n) is 3.83. The normalized spacial score (nSPS) is 23.6. The number of nitrogens with zero attached hydrogens (tertiary/aromatic N) is 4. The molecule has 2 fully saturated rings. The number of carbonyl (C=O) groups is 3. The number of hydrogen-bond acceptors (Lipinski definition) is 7. The van der Waals surface area contributed by atoms with E-state index in [0.717, 1.165) is 24.2 Å². The summed E-state index contributed by atoms with van der Waals surface area (Å²) in [5.74, 6) is -2.39. The Labute approximate surface area is 167 Å². The molecule has 2 aliphatic rings. The van der Waals surface area contributed by atoms with Crippen LogP contribution in [0.2, 0.25) is 0 Å². The van der Waals surface area contributed by atoms with Gasteiger partial charge in [-0.3, -0.25) is 25.2 Å². The van der Waals surface area contributed by atoms with Gasteiger partial charge < -0.3 is 15.8 Å². The Morgan fingerprint density at radius 3 is 2.59 bits per heavy atom. The Morgan fingerprint density at radius 2 is 2.07 bits per heavy atom. The van der Waals surface area contributed by atoms with E-state index in [1.807, 2.05) is 0 Å². The van der Waals surface area contributed by atoms with E-state index in [2.05, 4.69) is 17.0 Å². The quantitative estimate of drug-likeness (QED) is 0.141. The lowest BCUT2D eigenvalue weighted by atomic mass is 9.75. The zero-order valence-corrected chi connectivity index (χ0v) is 16.2. The van der Waals surface area contributed by atoms with E-state index in [1.165, 1.54) is 13.0 Å². The largest absolute Gasteiger partial charge is 0.363 e. The molecule has 1 heterocycles. The first-order valence-electron chi connectivity index (χ1n) is 9.26. The summed E-state index contributed by atoms with van der Waals surface area (Å²) in [5, 5.41) is 23.2. The number of nitrogens with two attached hydrogens (primary N) is 1. The Hall–Kier alpha value is -3.31. The molecule has 12 heteroatoms. The van der Waals surface area contributed by atoms with E-state index in [4.69, 9.17) is 11.1 Å². The van der Waals surface area contributed by atoms with Crippen LogP contribution in [0.4, 0.5) is 4.79 Å². The molecule has 4 amide bonds. The minimum absolute atomic E-state index is 0.0280. The number of nitrogens with one attached hydrogen (secondary N) is 2. The highest BCUT2D eigenvalue weighted by molar-refractivity contribution is 6.20. The lowest BCUT2D eigenvalue weighted by molar-refractivity contribution is -0.631. The number of hydrogen-bond donors (Lipinski definition) is 3. The van der Waals surface area contributed by atoms with Gasteiger partial charge in [0.1, 0.15) is 5.41 Å². The monoisotopic (exact) mass is 407 g/mol. The fraction of sp³-hybridized carbons (Fsp3) is 0.588. The Kier molecular flexibility index (Phi) is 6.67. The zero-order valence-electron chi connectivity index (χ0n) is 16.2.